The lowest BCUT2D eigenvalue weighted by Crippen LogP contribution is -2.32. The molecule has 0 amide bonds. The van der Waals surface area contributed by atoms with Gasteiger partial charge in [0, 0.05) is 6.42 Å². The van der Waals surface area contributed by atoms with Crippen molar-refractivity contribution in [1.82, 2.24) is 15.1 Å². The van der Waals surface area contributed by atoms with Gasteiger partial charge >= 0.3 is 5.97 Å². The maximum Gasteiger partial charge on any atom is 0.310 e. The third-order valence-corrected chi connectivity index (χ3v) is 3.72. The lowest BCUT2D eigenvalue weighted by molar-refractivity contribution is -0.149. The largest absolute Gasteiger partial charge is 0.481 e. The van der Waals surface area contributed by atoms with E-state index in [1.807, 2.05) is 13.8 Å². The molecule has 112 valence electrons. The summed E-state index contributed by atoms with van der Waals surface area (Å²) in [5, 5.41) is 13.2. The molecule has 7 heteroatoms. The number of carbonyl (C=O) groups is 1. The van der Waals surface area contributed by atoms with E-state index in [0.717, 1.165) is 6.20 Å². The standard InChI is InChI=1S/C14H16FN3O3/c1-3-14(4-2,13(19)20)7-11-17-12(18-21-11)10-6-5-9(15)8-16-10/h5-6,8H,3-4,7H2,1-2H3,(H,19,20). The Morgan fingerprint density at radius 3 is 2.62 bits per heavy atom. The van der Waals surface area contributed by atoms with E-state index in [-0.39, 0.29) is 18.1 Å². The zero-order valence-corrected chi connectivity index (χ0v) is 11.8. The van der Waals surface area contributed by atoms with Crippen LogP contribution in [0.2, 0.25) is 0 Å². The third-order valence-electron chi connectivity index (χ3n) is 3.72. The monoisotopic (exact) mass is 293 g/mol. The van der Waals surface area contributed by atoms with E-state index in [9.17, 15) is 14.3 Å². The van der Waals surface area contributed by atoms with Gasteiger partial charge in [-0.05, 0) is 25.0 Å². The molecule has 0 saturated heterocycles. The SMILES string of the molecule is CCC(CC)(Cc1nc(-c2ccc(F)cn2)no1)C(=O)O. The van der Waals surface area contributed by atoms with Crippen LogP contribution >= 0.6 is 0 Å². The van der Waals surface area contributed by atoms with Crippen LogP contribution in [0.4, 0.5) is 4.39 Å². The molecule has 21 heavy (non-hydrogen) atoms. The van der Waals surface area contributed by atoms with Crippen molar-refractivity contribution in [2.75, 3.05) is 0 Å². The summed E-state index contributed by atoms with van der Waals surface area (Å²) in [4.78, 5) is 19.5. The first kappa shape index (κ1) is 15.1. The van der Waals surface area contributed by atoms with Crippen LogP contribution in [-0.2, 0) is 11.2 Å². The highest BCUT2D eigenvalue weighted by Gasteiger charge is 2.37. The topological polar surface area (TPSA) is 89.1 Å². The van der Waals surface area contributed by atoms with Gasteiger partial charge in [-0.25, -0.2) is 9.37 Å². The first-order valence-electron chi connectivity index (χ1n) is 6.68. The van der Waals surface area contributed by atoms with E-state index in [1.165, 1.54) is 12.1 Å². The molecule has 0 aromatic carbocycles. The summed E-state index contributed by atoms with van der Waals surface area (Å²) < 4.78 is 17.9. The van der Waals surface area contributed by atoms with E-state index in [0.29, 0.717) is 18.5 Å². The molecule has 2 heterocycles. The average Bonchev–Trinajstić information content (AvgIpc) is 2.93. The van der Waals surface area contributed by atoms with Crippen LogP contribution in [0.15, 0.2) is 22.9 Å². The van der Waals surface area contributed by atoms with Gasteiger partial charge in [-0.3, -0.25) is 4.79 Å². The Balaban J connectivity index is 2.23. The predicted octanol–water partition coefficient (Wildman–Crippen LogP) is 2.70. The number of pyridine rings is 1. The Morgan fingerprint density at radius 1 is 1.38 bits per heavy atom. The fourth-order valence-corrected chi connectivity index (χ4v) is 2.11. The van der Waals surface area contributed by atoms with E-state index in [2.05, 4.69) is 15.1 Å². The lowest BCUT2D eigenvalue weighted by atomic mass is 9.79. The van der Waals surface area contributed by atoms with Crippen LogP contribution in [0.1, 0.15) is 32.6 Å². The van der Waals surface area contributed by atoms with Gasteiger partial charge < -0.3 is 9.63 Å². The van der Waals surface area contributed by atoms with Crippen LogP contribution in [0.25, 0.3) is 11.5 Å². The van der Waals surface area contributed by atoms with E-state index < -0.39 is 17.2 Å². The minimum atomic E-state index is -0.917. The molecule has 0 aliphatic heterocycles. The van der Waals surface area contributed by atoms with Gasteiger partial charge in [0.05, 0.1) is 11.6 Å². The molecule has 0 aliphatic rings. The molecule has 0 fully saturated rings. The van der Waals surface area contributed by atoms with Gasteiger partial charge in [-0.15, -0.1) is 0 Å². The Kier molecular flexibility index (Phi) is 4.30. The van der Waals surface area contributed by atoms with Crippen LogP contribution in [0.5, 0.6) is 0 Å². The van der Waals surface area contributed by atoms with Crippen LogP contribution in [0.3, 0.4) is 0 Å². The second kappa shape index (κ2) is 5.99. The molecule has 0 spiro atoms. The van der Waals surface area contributed by atoms with Crippen molar-refractivity contribution in [3.8, 4) is 11.5 Å². The molecule has 0 bridgehead atoms. The summed E-state index contributed by atoms with van der Waals surface area (Å²) in [7, 11) is 0. The number of rotatable bonds is 6. The summed E-state index contributed by atoms with van der Waals surface area (Å²) in [5.41, 5.74) is -0.541. The van der Waals surface area contributed by atoms with Crippen molar-refractivity contribution in [2.24, 2.45) is 5.41 Å². The summed E-state index contributed by atoms with van der Waals surface area (Å²) in [5.74, 6) is -0.879. The Hall–Kier alpha value is -2.31. The summed E-state index contributed by atoms with van der Waals surface area (Å²) >= 11 is 0. The molecule has 0 radical (unpaired) electrons. The van der Waals surface area contributed by atoms with Crippen LogP contribution in [0, 0.1) is 11.2 Å². The molecule has 0 saturated carbocycles. The maximum atomic E-state index is 12.8. The highest BCUT2D eigenvalue weighted by molar-refractivity contribution is 5.74. The molecule has 2 rings (SSSR count). The number of hydrogen-bond donors (Lipinski definition) is 1. The second-order valence-electron chi connectivity index (χ2n) is 4.84. The van der Waals surface area contributed by atoms with Gasteiger partial charge in [0.1, 0.15) is 11.5 Å². The molecule has 0 atom stereocenters. The predicted molar refractivity (Wildman–Crippen MR) is 71.8 cm³/mol. The number of hydrogen-bond acceptors (Lipinski definition) is 5. The van der Waals surface area contributed by atoms with E-state index >= 15 is 0 Å². The quantitative estimate of drug-likeness (QED) is 0.880. The number of aromatic nitrogens is 3. The first-order valence-corrected chi connectivity index (χ1v) is 6.68. The normalized spacial score (nSPS) is 11.6. The van der Waals surface area contributed by atoms with Gasteiger partial charge in [0.2, 0.25) is 11.7 Å². The molecule has 2 aromatic rings. The van der Waals surface area contributed by atoms with Crippen molar-refractivity contribution in [2.45, 2.75) is 33.1 Å². The number of carboxylic acids is 1. The van der Waals surface area contributed by atoms with Crippen LogP contribution in [-0.4, -0.2) is 26.2 Å². The summed E-state index contributed by atoms with van der Waals surface area (Å²) in [6.07, 6.45) is 2.14. The molecule has 1 N–H and O–H groups in total. The van der Waals surface area contributed by atoms with Crippen molar-refractivity contribution >= 4 is 5.97 Å². The number of nitrogens with zero attached hydrogens (tertiary/aromatic N) is 3. The minimum Gasteiger partial charge on any atom is -0.481 e. The van der Waals surface area contributed by atoms with E-state index in [4.69, 9.17) is 4.52 Å². The fourth-order valence-electron chi connectivity index (χ4n) is 2.11. The average molecular weight is 293 g/mol. The molecular formula is C14H16FN3O3. The number of carboxylic acid groups (broad SMARTS) is 1. The fraction of sp³-hybridized carbons (Fsp3) is 0.429. The van der Waals surface area contributed by atoms with E-state index in [1.54, 1.807) is 0 Å². The highest BCUT2D eigenvalue weighted by Crippen LogP contribution is 2.31. The van der Waals surface area contributed by atoms with Gasteiger partial charge in [-0.1, -0.05) is 19.0 Å². The highest BCUT2D eigenvalue weighted by atomic mass is 19.1. The van der Waals surface area contributed by atoms with Crippen molar-refractivity contribution < 1.29 is 18.8 Å². The van der Waals surface area contributed by atoms with Crippen molar-refractivity contribution in [3.05, 3.63) is 30.0 Å². The van der Waals surface area contributed by atoms with Crippen molar-refractivity contribution in [1.29, 1.82) is 0 Å². The zero-order valence-electron chi connectivity index (χ0n) is 11.8. The van der Waals surface area contributed by atoms with Gasteiger partial charge in [-0.2, -0.15) is 4.98 Å². The van der Waals surface area contributed by atoms with Crippen LogP contribution < -0.4 is 0 Å². The number of aliphatic carboxylic acids is 1. The lowest BCUT2D eigenvalue weighted by Gasteiger charge is -2.24. The zero-order chi connectivity index (χ0) is 15.5. The summed E-state index contributed by atoms with van der Waals surface area (Å²) in [6.45, 7) is 3.63. The Labute approximate surface area is 121 Å². The molecular weight excluding hydrogens is 277 g/mol. The van der Waals surface area contributed by atoms with Gasteiger partial charge in [0.15, 0.2) is 0 Å². The molecule has 2 aromatic heterocycles. The maximum absolute atomic E-state index is 12.8. The minimum absolute atomic E-state index is 0.156. The molecule has 0 aliphatic carbocycles. The number of halogens is 1. The first-order chi connectivity index (χ1) is 10.0. The van der Waals surface area contributed by atoms with Crippen molar-refractivity contribution in [3.63, 3.8) is 0 Å². The molecule has 6 nitrogen and oxygen atoms in total. The smallest absolute Gasteiger partial charge is 0.310 e. The van der Waals surface area contributed by atoms with Gasteiger partial charge in [0.25, 0.3) is 0 Å². The Morgan fingerprint density at radius 2 is 2.10 bits per heavy atom. The Bertz CT molecular complexity index is 621. The molecule has 0 unspecified atom stereocenters. The third kappa shape index (κ3) is 3.07. The summed E-state index contributed by atoms with van der Waals surface area (Å²) in [6, 6.07) is 2.69. The second-order valence-corrected chi connectivity index (χ2v) is 4.84.